The van der Waals surface area contributed by atoms with Crippen molar-refractivity contribution in [2.24, 2.45) is 0 Å². The Morgan fingerprint density at radius 2 is 2.29 bits per heavy atom. The zero-order valence-corrected chi connectivity index (χ0v) is 10.7. The van der Waals surface area contributed by atoms with Gasteiger partial charge in [-0.15, -0.1) is 5.10 Å². The number of aliphatic hydroxyl groups excluding tert-OH is 1. The van der Waals surface area contributed by atoms with Gasteiger partial charge in [0.05, 0.1) is 23.3 Å². The quantitative estimate of drug-likeness (QED) is 0.946. The molecule has 0 aliphatic rings. The maximum absolute atomic E-state index is 13.0. The lowest BCUT2D eigenvalue weighted by Gasteiger charge is -2.02. The number of hydrogen-bond acceptors (Lipinski definition) is 3. The molecule has 17 heavy (non-hydrogen) atoms. The van der Waals surface area contributed by atoms with Crippen molar-refractivity contribution in [1.29, 1.82) is 0 Å². The van der Waals surface area contributed by atoms with Crippen molar-refractivity contribution in [3.8, 4) is 0 Å². The largest absolute Gasteiger partial charge is 0.387 e. The van der Waals surface area contributed by atoms with Gasteiger partial charge in [0.1, 0.15) is 11.5 Å². The molecule has 0 bridgehead atoms. The maximum Gasteiger partial charge on any atom is 0.137 e. The third-order valence-electron chi connectivity index (χ3n) is 2.31. The van der Waals surface area contributed by atoms with E-state index >= 15 is 0 Å². The van der Waals surface area contributed by atoms with Gasteiger partial charge < -0.3 is 5.11 Å². The summed E-state index contributed by atoms with van der Waals surface area (Å²) in [5, 5.41) is 17.0. The van der Waals surface area contributed by atoms with E-state index in [2.05, 4.69) is 26.2 Å². The van der Waals surface area contributed by atoms with E-state index < -0.39 is 6.10 Å². The van der Waals surface area contributed by atoms with Gasteiger partial charge in [-0.1, -0.05) is 11.3 Å². The molecule has 6 heteroatoms. The summed E-state index contributed by atoms with van der Waals surface area (Å²) in [7, 11) is 0. The molecule has 2 rings (SSSR count). The molecule has 1 atom stereocenters. The lowest BCUT2D eigenvalue weighted by Crippen LogP contribution is -2.00. The topological polar surface area (TPSA) is 50.9 Å². The number of benzene rings is 1. The Labute approximate surface area is 106 Å². The van der Waals surface area contributed by atoms with E-state index in [1.807, 2.05) is 0 Å². The first-order valence-electron chi connectivity index (χ1n) is 5.08. The Hall–Kier alpha value is -1.27. The van der Waals surface area contributed by atoms with Crippen molar-refractivity contribution in [3.63, 3.8) is 0 Å². The van der Waals surface area contributed by atoms with E-state index in [1.54, 1.807) is 29.9 Å². The van der Waals surface area contributed by atoms with Crippen LogP contribution in [-0.4, -0.2) is 20.1 Å². The van der Waals surface area contributed by atoms with Crippen molar-refractivity contribution in [1.82, 2.24) is 15.0 Å². The molecule has 0 saturated heterocycles. The summed E-state index contributed by atoms with van der Waals surface area (Å²) >= 11 is 3.13. The average molecular weight is 300 g/mol. The minimum Gasteiger partial charge on any atom is -0.387 e. The molecule has 4 nitrogen and oxygen atoms in total. The van der Waals surface area contributed by atoms with Gasteiger partial charge in [-0.25, -0.2) is 9.07 Å². The van der Waals surface area contributed by atoms with Gasteiger partial charge in [-0.2, -0.15) is 0 Å². The van der Waals surface area contributed by atoms with E-state index in [0.29, 0.717) is 16.7 Å². The van der Waals surface area contributed by atoms with Crippen molar-refractivity contribution in [3.05, 3.63) is 45.9 Å². The summed E-state index contributed by atoms with van der Waals surface area (Å²) in [5.74, 6) is -0.294. The van der Waals surface area contributed by atoms with Crippen LogP contribution in [0.25, 0.3) is 0 Å². The second-order valence-corrected chi connectivity index (χ2v) is 4.62. The summed E-state index contributed by atoms with van der Waals surface area (Å²) in [4.78, 5) is 0. The first-order chi connectivity index (χ1) is 8.06. The Balaban J connectivity index is 2.16. The minimum atomic E-state index is -0.635. The van der Waals surface area contributed by atoms with E-state index in [0.717, 1.165) is 5.56 Å². The van der Waals surface area contributed by atoms with E-state index in [4.69, 9.17) is 0 Å². The van der Waals surface area contributed by atoms with Gasteiger partial charge in [0.15, 0.2) is 0 Å². The third kappa shape index (κ3) is 2.89. The van der Waals surface area contributed by atoms with Crippen LogP contribution in [0.1, 0.15) is 24.3 Å². The van der Waals surface area contributed by atoms with Crippen LogP contribution in [0.4, 0.5) is 4.39 Å². The zero-order chi connectivity index (χ0) is 12.4. The molecule has 90 valence electrons. The molecule has 0 saturated carbocycles. The van der Waals surface area contributed by atoms with Gasteiger partial charge in [0.2, 0.25) is 0 Å². The molecule has 0 aliphatic heterocycles. The molecular formula is C11H11BrFN3O. The number of aromatic nitrogens is 3. The normalized spacial score (nSPS) is 12.7. The van der Waals surface area contributed by atoms with Crippen molar-refractivity contribution in [2.45, 2.75) is 19.6 Å². The highest BCUT2D eigenvalue weighted by Crippen LogP contribution is 2.17. The fourth-order valence-electron chi connectivity index (χ4n) is 1.41. The van der Waals surface area contributed by atoms with Crippen LogP contribution in [0, 0.1) is 5.82 Å². The molecule has 2 aromatic rings. The Kier molecular flexibility index (Phi) is 3.54. The van der Waals surface area contributed by atoms with E-state index in [1.165, 1.54) is 6.07 Å². The second-order valence-electron chi connectivity index (χ2n) is 3.77. The number of hydrogen-bond donors (Lipinski definition) is 1. The summed E-state index contributed by atoms with van der Waals surface area (Å²) in [5.41, 5.74) is 1.42. The van der Waals surface area contributed by atoms with Gasteiger partial charge in [0, 0.05) is 0 Å². The molecule has 1 unspecified atom stereocenters. The molecule has 1 N–H and O–H groups in total. The zero-order valence-electron chi connectivity index (χ0n) is 9.14. The predicted octanol–water partition coefficient (Wildman–Crippen LogP) is 2.28. The number of rotatable bonds is 3. The van der Waals surface area contributed by atoms with Crippen LogP contribution in [-0.2, 0) is 6.54 Å². The van der Waals surface area contributed by atoms with Crippen molar-refractivity contribution in [2.75, 3.05) is 0 Å². The van der Waals surface area contributed by atoms with Crippen LogP contribution >= 0.6 is 15.9 Å². The highest BCUT2D eigenvalue weighted by Gasteiger charge is 2.07. The maximum atomic E-state index is 13.0. The van der Waals surface area contributed by atoms with Crippen molar-refractivity contribution < 1.29 is 9.50 Å². The number of nitrogens with zero attached hydrogens (tertiary/aromatic N) is 3. The first kappa shape index (κ1) is 12.2. The SMILES string of the molecule is CC(O)c1cn(Cc2ccc(F)c(Br)c2)nn1. The summed E-state index contributed by atoms with van der Waals surface area (Å²) in [6.45, 7) is 2.11. The summed E-state index contributed by atoms with van der Waals surface area (Å²) < 4.78 is 15.1. The van der Waals surface area contributed by atoms with E-state index in [9.17, 15) is 9.50 Å². The van der Waals surface area contributed by atoms with Gasteiger partial charge in [-0.3, -0.25) is 0 Å². The third-order valence-corrected chi connectivity index (χ3v) is 2.92. The molecule has 1 aromatic heterocycles. The lowest BCUT2D eigenvalue weighted by atomic mass is 10.2. The molecule has 0 aliphatic carbocycles. The molecule has 1 heterocycles. The predicted molar refractivity (Wildman–Crippen MR) is 63.9 cm³/mol. The Morgan fingerprint density at radius 3 is 2.88 bits per heavy atom. The van der Waals surface area contributed by atoms with Crippen LogP contribution in [0.3, 0.4) is 0 Å². The molecule has 0 amide bonds. The second kappa shape index (κ2) is 4.93. The number of halogens is 2. The van der Waals surface area contributed by atoms with Gasteiger partial charge in [0.25, 0.3) is 0 Å². The Bertz CT molecular complexity index is 527. The molecule has 0 radical (unpaired) electrons. The van der Waals surface area contributed by atoms with Gasteiger partial charge >= 0.3 is 0 Å². The molecular weight excluding hydrogens is 289 g/mol. The van der Waals surface area contributed by atoms with Crippen LogP contribution in [0.2, 0.25) is 0 Å². The van der Waals surface area contributed by atoms with Crippen LogP contribution < -0.4 is 0 Å². The molecule has 0 fully saturated rings. The highest BCUT2D eigenvalue weighted by molar-refractivity contribution is 9.10. The highest BCUT2D eigenvalue weighted by atomic mass is 79.9. The number of aliphatic hydroxyl groups is 1. The van der Waals surface area contributed by atoms with E-state index in [-0.39, 0.29) is 5.82 Å². The van der Waals surface area contributed by atoms with Gasteiger partial charge in [-0.05, 0) is 40.5 Å². The van der Waals surface area contributed by atoms with Crippen LogP contribution in [0.5, 0.6) is 0 Å². The standard InChI is InChI=1S/C11H11BrFN3O/c1-7(17)11-6-16(15-14-11)5-8-2-3-10(13)9(12)4-8/h2-4,6-7,17H,5H2,1H3. The smallest absolute Gasteiger partial charge is 0.137 e. The first-order valence-corrected chi connectivity index (χ1v) is 5.87. The fourth-order valence-corrected chi connectivity index (χ4v) is 1.83. The summed E-state index contributed by atoms with van der Waals surface area (Å²) in [6, 6.07) is 4.77. The van der Waals surface area contributed by atoms with Crippen LogP contribution in [0.15, 0.2) is 28.9 Å². The summed E-state index contributed by atoms with van der Waals surface area (Å²) in [6.07, 6.45) is 1.03. The fraction of sp³-hybridized carbons (Fsp3) is 0.273. The minimum absolute atomic E-state index is 0.294. The molecule has 1 aromatic carbocycles. The Morgan fingerprint density at radius 1 is 1.53 bits per heavy atom. The average Bonchev–Trinajstić information content (AvgIpc) is 2.72. The monoisotopic (exact) mass is 299 g/mol. The molecule has 0 spiro atoms. The lowest BCUT2D eigenvalue weighted by molar-refractivity contribution is 0.194. The van der Waals surface area contributed by atoms with Crippen molar-refractivity contribution >= 4 is 15.9 Å².